The number of nitrogens with zero attached hydrogens (tertiary/aromatic N) is 1. The summed E-state index contributed by atoms with van der Waals surface area (Å²) in [5.41, 5.74) is 12.6. The summed E-state index contributed by atoms with van der Waals surface area (Å²) < 4.78 is 0. The number of rotatable bonds is 4. The van der Waals surface area contributed by atoms with E-state index in [0.29, 0.717) is 11.3 Å². The Bertz CT molecular complexity index is 510. The first-order valence-corrected chi connectivity index (χ1v) is 6.80. The molecule has 0 aromatic heterocycles. The van der Waals surface area contributed by atoms with Crippen molar-refractivity contribution in [1.82, 2.24) is 0 Å². The van der Waals surface area contributed by atoms with Gasteiger partial charge in [-0.3, -0.25) is 9.59 Å². The number of benzene rings is 1. The molecule has 2 amide bonds. The first-order valence-electron chi connectivity index (χ1n) is 6.80. The predicted octanol–water partition coefficient (Wildman–Crippen LogP) is 0.673. The fraction of sp³-hybridized carbons (Fsp3) is 0.429. The minimum Gasteiger partial charge on any atom is -0.371 e. The van der Waals surface area contributed by atoms with Crippen LogP contribution in [0.15, 0.2) is 18.2 Å². The molecule has 5 N–H and O–H groups in total. The zero-order chi connectivity index (χ0) is 14.5. The Hall–Kier alpha value is -2.08. The van der Waals surface area contributed by atoms with E-state index in [1.165, 1.54) is 6.42 Å². The molecule has 0 unspecified atom stereocenters. The zero-order valence-corrected chi connectivity index (χ0v) is 11.4. The lowest BCUT2D eigenvalue weighted by Crippen LogP contribution is -2.31. The van der Waals surface area contributed by atoms with Crippen molar-refractivity contribution in [2.24, 2.45) is 11.5 Å². The van der Waals surface area contributed by atoms with Gasteiger partial charge in [0.1, 0.15) is 0 Å². The molecule has 1 aliphatic heterocycles. The summed E-state index contributed by atoms with van der Waals surface area (Å²) in [6, 6.07) is 5.11. The second kappa shape index (κ2) is 6.38. The number of piperidine rings is 1. The van der Waals surface area contributed by atoms with Gasteiger partial charge in [0.2, 0.25) is 5.91 Å². The van der Waals surface area contributed by atoms with Crippen molar-refractivity contribution < 1.29 is 9.59 Å². The van der Waals surface area contributed by atoms with Crippen LogP contribution in [0.5, 0.6) is 0 Å². The Morgan fingerprint density at radius 2 is 1.90 bits per heavy atom. The topological polar surface area (TPSA) is 101 Å². The Labute approximate surface area is 118 Å². The van der Waals surface area contributed by atoms with Crippen LogP contribution in [0.4, 0.5) is 11.4 Å². The molecule has 6 heteroatoms. The quantitative estimate of drug-likeness (QED) is 0.752. The highest BCUT2D eigenvalue weighted by molar-refractivity contribution is 6.00. The van der Waals surface area contributed by atoms with Crippen molar-refractivity contribution in [1.29, 1.82) is 0 Å². The van der Waals surface area contributed by atoms with E-state index in [4.69, 9.17) is 11.5 Å². The van der Waals surface area contributed by atoms with E-state index in [0.717, 1.165) is 31.6 Å². The van der Waals surface area contributed by atoms with Gasteiger partial charge in [0.15, 0.2) is 0 Å². The van der Waals surface area contributed by atoms with Gasteiger partial charge >= 0.3 is 0 Å². The van der Waals surface area contributed by atoms with Crippen LogP contribution in [0.3, 0.4) is 0 Å². The first-order chi connectivity index (χ1) is 9.61. The molecule has 0 saturated carbocycles. The average Bonchev–Trinajstić information content (AvgIpc) is 2.47. The lowest BCUT2D eigenvalue weighted by Gasteiger charge is -2.30. The van der Waals surface area contributed by atoms with Gasteiger partial charge in [-0.2, -0.15) is 0 Å². The summed E-state index contributed by atoms with van der Waals surface area (Å²) >= 11 is 0. The van der Waals surface area contributed by atoms with Gasteiger partial charge in [-0.1, -0.05) is 0 Å². The summed E-state index contributed by atoms with van der Waals surface area (Å²) in [5.74, 6) is -0.719. The zero-order valence-electron chi connectivity index (χ0n) is 11.4. The highest BCUT2D eigenvalue weighted by Gasteiger charge is 2.18. The third kappa shape index (κ3) is 3.27. The van der Waals surface area contributed by atoms with Gasteiger partial charge < -0.3 is 21.7 Å². The molecule has 1 aromatic rings. The number of hydrogen-bond acceptors (Lipinski definition) is 4. The highest BCUT2D eigenvalue weighted by Crippen LogP contribution is 2.27. The maximum Gasteiger partial charge on any atom is 0.250 e. The van der Waals surface area contributed by atoms with Gasteiger partial charge in [0.25, 0.3) is 5.91 Å². The van der Waals surface area contributed by atoms with E-state index in [1.807, 2.05) is 0 Å². The molecule has 20 heavy (non-hydrogen) atoms. The molecule has 1 aromatic carbocycles. The normalized spacial score (nSPS) is 14.9. The van der Waals surface area contributed by atoms with Crippen LogP contribution >= 0.6 is 0 Å². The van der Waals surface area contributed by atoms with Crippen LogP contribution in [-0.4, -0.2) is 31.4 Å². The van der Waals surface area contributed by atoms with E-state index in [-0.39, 0.29) is 12.5 Å². The molecule has 0 spiro atoms. The van der Waals surface area contributed by atoms with Crippen LogP contribution in [0.25, 0.3) is 0 Å². The molecule has 108 valence electrons. The second-order valence-electron chi connectivity index (χ2n) is 4.90. The van der Waals surface area contributed by atoms with Crippen molar-refractivity contribution in [2.75, 3.05) is 29.9 Å². The molecule has 0 bridgehead atoms. The van der Waals surface area contributed by atoms with Crippen LogP contribution in [0.1, 0.15) is 29.6 Å². The number of hydrogen-bond donors (Lipinski definition) is 3. The fourth-order valence-electron chi connectivity index (χ4n) is 2.43. The number of amides is 2. The number of primary amides is 1. The molecular weight excluding hydrogens is 256 g/mol. The molecule has 0 radical (unpaired) electrons. The largest absolute Gasteiger partial charge is 0.371 e. The number of anilines is 2. The van der Waals surface area contributed by atoms with Crippen LogP contribution in [0.2, 0.25) is 0 Å². The molecule has 2 rings (SSSR count). The average molecular weight is 276 g/mol. The number of nitrogens with two attached hydrogens (primary N) is 2. The summed E-state index contributed by atoms with van der Waals surface area (Å²) in [7, 11) is 0. The Morgan fingerprint density at radius 1 is 1.20 bits per heavy atom. The minimum absolute atomic E-state index is 0.0728. The molecular formula is C14H20N4O2. The predicted molar refractivity (Wildman–Crippen MR) is 78.7 cm³/mol. The summed E-state index contributed by atoms with van der Waals surface area (Å²) in [4.78, 5) is 25.0. The Morgan fingerprint density at radius 3 is 2.50 bits per heavy atom. The Kier molecular flexibility index (Phi) is 4.57. The SMILES string of the molecule is NCC(=O)Nc1ccc(C(N)=O)c(N2CCCCC2)c1. The van der Waals surface area contributed by atoms with E-state index in [9.17, 15) is 9.59 Å². The van der Waals surface area contributed by atoms with Gasteiger partial charge in [-0.25, -0.2) is 0 Å². The standard InChI is InChI=1S/C14H20N4O2/c15-9-13(19)17-10-4-5-11(14(16)20)12(8-10)18-6-2-1-3-7-18/h4-5,8H,1-3,6-7,9,15H2,(H2,16,20)(H,17,19). The maximum atomic E-state index is 11.5. The molecule has 1 aliphatic rings. The number of carbonyl (C=O) groups is 2. The summed E-state index contributed by atoms with van der Waals surface area (Å²) in [6.07, 6.45) is 3.39. The number of nitrogens with one attached hydrogen (secondary N) is 1. The van der Waals surface area contributed by atoms with E-state index in [2.05, 4.69) is 10.2 Å². The first kappa shape index (κ1) is 14.3. The molecule has 0 aliphatic carbocycles. The maximum absolute atomic E-state index is 11.5. The van der Waals surface area contributed by atoms with Crippen molar-refractivity contribution in [3.63, 3.8) is 0 Å². The molecule has 1 fully saturated rings. The van der Waals surface area contributed by atoms with Crippen LogP contribution in [-0.2, 0) is 4.79 Å². The third-order valence-electron chi connectivity index (χ3n) is 3.43. The minimum atomic E-state index is -0.456. The third-order valence-corrected chi connectivity index (χ3v) is 3.43. The Balaban J connectivity index is 2.31. The smallest absolute Gasteiger partial charge is 0.250 e. The second-order valence-corrected chi connectivity index (χ2v) is 4.90. The van der Waals surface area contributed by atoms with Crippen molar-refractivity contribution in [3.05, 3.63) is 23.8 Å². The summed E-state index contributed by atoms with van der Waals surface area (Å²) in [5, 5.41) is 2.69. The van der Waals surface area contributed by atoms with E-state index >= 15 is 0 Å². The van der Waals surface area contributed by atoms with E-state index in [1.54, 1.807) is 18.2 Å². The highest BCUT2D eigenvalue weighted by atomic mass is 16.2. The van der Waals surface area contributed by atoms with Crippen LogP contribution in [0, 0.1) is 0 Å². The lowest BCUT2D eigenvalue weighted by molar-refractivity contribution is -0.114. The summed E-state index contributed by atoms with van der Waals surface area (Å²) in [6.45, 7) is 1.72. The van der Waals surface area contributed by atoms with Gasteiger partial charge in [-0.15, -0.1) is 0 Å². The van der Waals surface area contributed by atoms with Gasteiger partial charge in [0, 0.05) is 18.8 Å². The molecule has 6 nitrogen and oxygen atoms in total. The number of carbonyl (C=O) groups excluding carboxylic acids is 2. The molecule has 1 saturated heterocycles. The molecule has 1 heterocycles. The van der Waals surface area contributed by atoms with E-state index < -0.39 is 5.91 Å². The fourth-order valence-corrected chi connectivity index (χ4v) is 2.43. The lowest BCUT2D eigenvalue weighted by atomic mass is 10.1. The monoisotopic (exact) mass is 276 g/mol. The van der Waals surface area contributed by atoms with Crippen molar-refractivity contribution in [3.8, 4) is 0 Å². The van der Waals surface area contributed by atoms with Gasteiger partial charge in [0.05, 0.1) is 17.8 Å². The molecule has 0 atom stereocenters. The van der Waals surface area contributed by atoms with Crippen LogP contribution < -0.4 is 21.7 Å². The van der Waals surface area contributed by atoms with Crippen molar-refractivity contribution in [2.45, 2.75) is 19.3 Å². The van der Waals surface area contributed by atoms with Crippen molar-refractivity contribution >= 4 is 23.2 Å². The van der Waals surface area contributed by atoms with Gasteiger partial charge in [-0.05, 0) is 37.5 Å².